The molecule has 2 rings (SSSR count). The van der Waals surface area contributed by atoms with Crippen molar-refractivity contribution in [1.82, 2.24) is 4.98 Å². The highest BCUT2D eigenvalue weighted by Gasteiger charge is 2.17. The van der Waals surface area contributed by atoms with E-state index >= 15 is 0 Å². The van der Waals surface area contributed by atoms with E-state index in [1.54, 1.807) is 6.07 Å². The maximum atomic E-state index is 11.2. The predicted molar refractivity (Wildman–Crippen MR) is 56.8 cm³/mol. The van der Waals surface area contributed by atoms with Crippen molar-refractivity contribution in [2.75, 3.05) is 7.11 Å². The Morgan fingerprint density at radius 3 is 2.67 bits per heavy atom. The van der Waals surface area contributed by atoms with Crippen molar-refractivity contribution < 1.29 is 9.53 Å². The van der Waals surface area contributed by atoms with Gasteiger partial charge in [-0.3, -0.25) is 0 Å². The van der Waals surface area contributed by atoms with Gasteiger partial charge in [0, 0.05) is 6.20 Å². The summed E-state index contributed by atoms with van der Waals surface area (Å²) < 4.78 is 4.60. The number of nitrogens with zero attached hydrogens (tertiary/aromatic N) is 1. The third-order valence-corrected chi connectivity index (χ3v) is 3.01. The highest BCUT2D eigenvalue weighted by Crippen LogP contribution is 2.33. The Labute approximate surface area is 89.5 Å². The van der Waals surface area contributed by atoms with Crippen molar-refractivity contribution in [3.8, 4) is 0 Å². The molecular formula is C12H15NO2. The summed E-state index contributed by atoms with van der Waals surface area (Å²) in [5.41, 5.74) is 1.64. The number of esters is 1. The molecule has 3 nitrogen and oxygen atoms in total. The van der Waals surface area contributed by atoms with Crippen LogP contribution in [-0.4, -0.2) is 18.1 Å². The van der Waals surface area contributed by atoms with Gasteiger partial charge in [0.05, 0.1) is 7.11 Å². The quantitative estimate of drug-likeness (QED) is 0.696. The van der Waals surface area contributed by atoms with Gasteiger partial charge in [0.15, 0.2) is 0 Å². The second-order valence-corrected chi connectivity index (χ2v) is 3.95. The fraction of sp³-hybridized carbons (Fsp3) is 0.500. The summed E-state index contributed by atoms with van der Waals surface area (Å²) in [7, 11) is 1.37. The molecule has 0 amide bonds. The van der Waals surface area contributed by atoms with Crippen LogP contribution in [0.4, 0.5) is 0 Å². The topological polar surface area (TPSA) is 39.2 Å². The van der Waals surface area contributed by atoms with Crippen LogP contribution < -0.4 is 0 Å². The minimum atomic E-state index is -0.368. The molecule has 0 unspecified atom stereocenters. The molecule has 1 saturated carbocycles. The van der Waals surface area contributed by atoms with Gasteiger partial charge in [-0.05, 0) is 30.4 Å². The maximum absolute atomic E-state index is 11.2. The number of hydrogen-bond acceptors (Lipinski definition) is 3. The fourth-order valence-electron chi connectivity index (χ4n) is 2.13. The molecule has 1 aliphatic rings. The van der Waals surface area contributed by atoms with Gasteiger partial charge in [-0.2, -0.15) is 0 Å². The molecule has 1 aromatic rings. The molecular weight excluding hydrogens is 190 g/mol. The summed E-state index contributed by atoms with van der Waals surface area (Å²) in [6, 6.07) is 3.74. The van der Waals surface area contributed by atoms with Crippen LogP contribution in [0, 0.1) is 0 Å². The van der Waals surface area contributed by atoms with Gasteiger partial charge >= 0.3 is 5.97 Å². The Bertz CT molecular complexity index is 339. The van der Waals surface area contributed by atoms with Crippen molar-refractivity contribution in [3.05, 3.63) is 29.6 Å². The molecule has 0 radical (unpaired) electrons. The maximum Gasteiger partial charge on any atom is 0.356 e. The molecule has 0 spiro atoms. The van der Waals surface area contributed by atoms with E-state index in [9.17, 15) is 4.79 Å². The standard InChI is InChI=1S/C12H15NO2/c1-15-12(14)11-7-6-10(8-13-11)9-4-2-3-5-9/h6-9H,2-5H2,1H3. The molecule has 0 atom stereocenters. The highest BCUT2D eigenvalue weighted by molar-refractivity contribution is 5.86. The van der Waals surface area contributed by atoms with E-state index in [0.717, 1.165) is 0 Å². The van der Waals surface area contributed by atoms with Crippen LogP contribution in [0.15, 0.2) is 18.3 Å². The van der Waals surface area contributed by atoms with Gasteiger partial charge in [-0.25, -0.2) is 9.78 Å². The molecule has 80 valence electrons. The van der Waals surface area contributed by atoms with E-state index in [1.165, 1.54) is 38.4 Å². The van der Waals surface area contributed by atoms with Crippen LogP contribution in [-0.2, 0) is 4.74 Å². The Kier molecular flexibility index (Phi) is 2.99. The van der Waals surface area contributed by atoms with E-state index in [0.29, 0.717) is 11.6 Å². The summed E-state index contributed by atoms with van der Waals surface area (Å²) in [6.45, 7) is 0. The van der Waals surface area contributed by atoms with E-state index in [1.807, 2.05) is 12.3 Å². The van der Waals surface area contributed by atoms with Gasteiger partial charge in [0.1, 0.15) is 5.69 Å². The molecule has 0 saturated heterocycles. The number of aromatic nitrogens is 1. The molecule has 1 fully saturated rings. The normalized spacial score (nSPS) is 16.6. The third-order valence-electron chi connectivity index (χ3n) is 3.01. The van der Waals surface area contributed by atoms with Crippen LogP contribution in [0.1, 0.15) is 47.7 Å². The summed E-state index contributed by atoms with van der Waals surface area (Å²) in [6.07, 6.45) is 6.92. The number of carbonyl (C=O) groups excluding carboxylic acids is 1. The van der Waals surface area contributed by atoms with E-state index < -0.39 is 0 Å². The van der Waals surface area contributed by atoms with E-state index in [-0.39, 0.29) is 5.97 Å². The second kappa shape index (κ2) is 4.43. The predicted octanol–water partition coefficient (Wildman–Crippen LogP) is 2.53. The molecule has 0 aliphatic heterocycles. The Morgan fingerprint density at radius 2 is 2.13 bits per heavy atom. The summed E-state index contributed by atoms with van der Waals surface area (Å²) in [4.78, 5) is 15.3. The minimum Gasteiger partial charge on any atom is -0.464 e. The van der Waals surface area contributed by atoms with Gasteiger partial charge in [0.25, 0.3) is 0 Å². The lowest BCUT2D eigenvalue weighted by Crippen LogP contribution is -2.04. The van der Waals surface area contributed by atoms with Crippen molar-refractivity contribution in [2.45, 2.75) is 31.6 Å². The van der Waals surface area contributed by atoms with Crippen molar-refractivity contribution >= 4 is 5.97 Å². The number of pyridine rings is 1. The largest absolute Gasteiger partial charge is 0.464 e. The first kappa shape index (κ1) is 10.1. The Hall–Kier alpha value is -1.38. The molecule has 1 aliphatic carbocycles. The Morgan fingerprint density at radius 1 is 1.40 bits per heavy atom. The third kappa shape index (κ3) is 2.17. The van der Waals surface area contributed by atoms with E-state index in [2.05, 4.69) is 9.72 Å². The summed E-state index contributed by atoms with van der Waals surface area (Å²) in [5, 5.41) is 0. The van der Waals surface area contributed by atoms with E-state index in [4.69, 9.17) is 0 Å². The average molecular weight is 205 g/mol. The first-order chi connectivity index (χ1) is 7.31. The number of rotatable bonds is 2. The lowest BCUT2D eigenvalue weighted by Gasteiger charge is -2.08. The summed E-state index contributed by atoms with van der Waals surface area (Å²) in [5.74, 6) is 0.275. The molecule has 0 bridgehead atoms. The van der Waals surface area contributed by atoms with Gasteiger partial charge < -0.3 is 4.74 Å². The van der Waals surface area contributed by atoms with Gasteiger partial charge in [-0.15, -0.1) is 0 Å². The molecule has 15 heavy (non-hydrogen) atoms. The molecule has 0 N–H and O–H groups in total. The van der Waals surface area contributed by atoms with Crippen LogP contribution >= 0.6 is 0 Å². The lowest BCUT2D eigenvalue weighted by molar-refractivity contribution is 0.0594. The van der Waals surface area contributed by atoms with Crippen LogP contribution in [0.25, 0.3) is 0 Å². The number of hydrogen-bond donors (Lipinski definition) is 0. The van der Waals surface area contributed by atoms with Gasteiger partial charge in [-0.1, -0.05) is 18.9 Å². The molecule has 1 aromatic heterocycles. The number of carbonyl (C=O) groups is 1. The van der Waals surface area contributed by atoms with Crippen LogP contribution in [0.3, 0.4) is 0 Å². The zero-order chi connectivity index (χ0) is 10.7. The first-order valence-corrected chi connectivity index (χ1v) is 5.35. The lowest BCUT2D eigenvalue weighted by atomic mass is 9.99. The Balaban J connectivity index is 2.12. The zero-order valence-electron chi connectivity index (χ0n) is 8.90. The highest BCUT2D eigenvalue weighted by atomic mass is 16.5. The first-order valence-electron chi connectivity index (χ1n) is 5.35. The second-order valence-electron chi connectivity index (χ2n) is 3.95. The van der Waals surface area contributed by atoms with Crippen LogP contribution in [0.5, 0.6) is 0 Å². The monoisotopic (exact) mass is 205 g/mol. The summed E-state index contributed by atoms with van der Waals surface area (Å²) >= 11 is 0. The zero-order valence-corrected chi connectivity index (χ0v) is 8.90. The smallest absolute Gasteiger partial charge is 0.356 e. The molecule has 3 heteroatoms. The number of methoxy groups -OCH3 is 1. The van der Waals surface area contributed by atoms with Gasteiger partial charge in [0.2, 0.25) is 0 Å². The minimum absolute atomic E-state index is 0.368. The van der Waals surface area contributed by atoms with Crippen molar-refractivity contribution in [2.24, 2.45) is 0 Å². The fourth-order valence-corrected chi connectivity index (χ4v) is 2.13. The molecule has 1 heterocycles. The molecule has 0 aromatic carbocycles. The van der Waals surface area contributed by atoms with Crippen LogP contribution in [0.2, 0.25) is 0 Å². The number of ether oxygens (including phenoxy) is 1. The SMILES string of the molecule is COC(=O)c1ccc(C2CCCC2)cn1. The van der Waals surface area contributed by atoms with Crippen molar-refractivity contribution in [1.29, 1.82) is 0 Å². The van der Waals surface area contributed by atoms with Crippen molar-refractivity contribution in [3.63, 3.8) is 0 Å². The average Bonchev–Trinajstić information content (AvgIpc) is 2.82.